The second-order valence-corrected chi connectivity index (χ2v) is 58.2. The van der Waals surface area contributed by atoms with Gasteiger partial charge < -0.3 is 0 Å². The molecule has 6 aromatic rings. The van der Waals surface area contributed by atoms with Crippen LogP contribution in [0.15, 0.2) is 133 Å². The van der Waals surface area contributed by atoms with E-state index in [1.807, 2.05) is 0 Å². The summed E-state index contributed by atoms with van der Waals surface area (Å²) in [5.74, 6) is -1.84. The Hall–Kier alpha value is -3.52. The standard InChI is InChI=1S/2C24H21.C2H7Si.2ClH.Zr/c2*1-3-18-13-14-20-15-21(19-10-5-4-6-11-19)16-23(20)24(18)22-12-8-7-9-17(22)2;1-3-2;;;/h2*4-16H,3H2,1-2H3;3H,1-2H3;2*1H;/q;;;;;+2/p-2. The molecule has 2 aliphatic carbocycles. The van der Waals surface area contributed by atoms with Crippen molar-refractivity contribution in [3.63, 3.8) is 0 Å². The van der Waals surface area contributed by atoms with Crippen LogP contribution in [0.25, 0.3) is 45.6 Å². The van der Waals surface area contributed by atoms with Gasteiger partial charge in [0.1, 0.15) is 0 Å². The predicted molar refractivity (Wildman–Crippen MR) is 237 cm³/mol. The Morgan fingerprint density at radius 2 is 0.870 bits per heavy atom. The van der Waals surface area contributed by atoms with E-state index < -0.39 is 21.5 Å². The van der Waals surface area contributed by atoms with Crippen molar-refractivity contribution in [2.24, 2.45) is 0 Å². The molecule has 6 aromatic carbocycles. The van der Waals surface area contributed by atoms with Crippen molar-refractivity contribution in [2.45, 2.75) is 60.9 Å². The molecule has 0 spiro atoms. The molecular formula is C50H49Cl2SiZr. The van der Waals surface area contributed by atoms with Crippen LogP contribution in [-0.2, 0) is 28.4 Å². The third-order valence-corrected chi connectivity index (χ3v) is 64.1. The SMILES string of the molecule is CCc1ccc2c(c1-c1ccccc1C)C=C(c1ccccc1)[CH]2[Zr]([Cl])([Cl])([CH]1C(c2ccccc2)=Cc2c1ccc(CC)c2-c1ccccc1C)[SiH](C)C. The Balaban J connectivity index is 1.48. The number of allylic oxidation sites excluding steroid dienone is 2. The molecular weight excluding hydrogens is 791 g/mol. The summed E-state index contributed by atoms with van der Waals surface area (Å²) >= 11 is -5.23. The van der Waals surface area contributed by atoms with Gasteiger partial charge in [0.05, 0.1) is 0 Å². The molecule has 0 saturated carbocycles. The molecule has 0 nitrogen and oxygen atoms in total. The van der Waals surface area contributed by atoms with Gasteiger partial charge >= 0.3 is 334 Å². The molecule has 0 fully saturated rings. The Bertz CT molecular complexity index is 2290. The Morgan fingerprint density at radius 1 is 0.500 bits per heavy atom. The van der Waals surface area contributed by atoms with Crippen LogP contribution in [0.3, 0.4) is 0 Å². The molecule has 0 radical (unpaired) electrons. The predicted octanol–water partition coefficient (Wildman–Crippen LogP) is 14.6. The first kappa shape index (κ1) is 37.4. The zero-order valence-electron chi connectivity index (χ0n) is 32.3. The van der Waals surface area contributed by atoms with Gasteiger partial charge in [-0.15, -0.1) is 0 Å². The number of rotatable bonds is 9. The van der Waals surface area contributed by atoms with Gasteiger partial charge in [-0.3, -0.25) is 0 Å². The fourth-order valence-electron chi connectivity index (χ4n) is 9.70. The molecule has 2 aliphatic rings. The first-order valence-electron chi connectivity index (χ1n) is 19.6. The number of aryl methyl sites for hydroxylation is 4. The van der Waals surface area contributed by atoms with E-state index in [9.17, 15) is 0 Å². The van der Waals surface area contributed by atoms with Crippen molar-refractivity contribution in [3.8, 4) is 22.3 Å². The van der Waals surface area contributed by atoms with Crippen molar-refractivity contribution in [3.05, 3.63) is 189 Å². The van der Waals surface area contributed by atoms with E-state index in [0.717, 1.165) is 12.8 Å². The quantitative estimate of drug-likeness (QED) is 0.127. The van der Waals surface area contributed by atoms with Gasteiger partial charge in [-0.1, -0.05) is 0 Å². The molecule has 0 heterocycles. The van der Waals surface area contributed by atoms with Crippen LogP contribution in [0.1, 0.15) is 76.7 Å². The number of benzene rings is 6. The van der Waals surface area contributed by atoms with Crippen molar-refractivity contribution in [2.75, 3.05) is 0 Å². The van der Waals surface area contributed by atoms with Crippen molar-refractivity contribution in [1.29, 1.82) is 0 Å². The number of fused-ring (bicyclic) bond motifs is 2. The van der Waals surface area contributed by atoms with Gasteiger partial charge in [0.15, 0.2) is 0 Å². The molecule has 4 heteroatoms. The zero-order valence-corrected chi connectivity index (χ0v) is 37.4. The first-order valence-corrected chi connectivity index (χ1v) is 35.9. The summed E-state index contributed by atoms with van der Waals surface area (Å²) in [5, 5.41) is 0. The average Bonchev–Trinajstić information content (AvgIpc) is 3.80. The van der Waals surface area contributed by atoms with E-state index in [-0.39, 0.29) is 7.25 Å². The molecule has 0 saturated heterocycles. The van der Waals surface area contributed by atoms with Crippen molar-refractivity contribution >= 4 is 46.2 Å². The Labute approximate surface area is 331 Å². The van der Waals surface area contributed by atoms with Crippen LogP contribution in [0.5, 0.6) is 0 Å². The summed E-state index contributed by atoms with van der Waals surface area (Å²) in [6.45, 7) is 13.9. The molecule has 0 aliphatic heterocycles. The van der Waals surface area contributed by atoms with Crippen LogP contribution < -0.4 is 0 Å². The third-order valence-electron chi connectivity index (χ3n) is 12.6. The minimum atomic E-state index is -5.23. The monoisotopic (exact) mass is 837 g/mol. The molecule has 0 aromatic heterocycles. The van der Waals surface area contributed by atoms with Crippen LogP contribution in [-0.4, -0.2) is 5.92 Å². The van der Waals surface area contributed by atoms with Gasteiger partial charge in [-0.2, -0.15) is 0 Å². The molecule has 0 bridgehead atoms. The minimum absolute atomic E-state index is 0.0802. The Kier molecular flexibility index (Phi) is 10.1. The van der Waals surface area contributed by atoms with Gasteiger partial charge in [0, 0.05) is 0 Å². The van der Waals surface area contributed by atoms with E-state index in [1.165, 1.54) is 89.0 Å². The zero-order chi connectivity index (χ0) is 37.8. The third kappa shape index (κ3) is 5.87. The summed E-state index contributed by atoms with van der Waals surface area (Å²) < 4.78 is -0.160. The van der Waals surface area contributed by atoms with Gasteiger partial charge in [0.2, 0.25) is 0 Å². The van der Waals surface area contributed by atoms with E-state index >= 15 is 0 Å². The normalized spacial score (nSPS) is 17.1. The maximum absolute atomic E-state index is 9.05. The summed E-state index contributed by atoms with van der Waals surface area (Å²) in [7, 11) is 18.1. The van der Waals surface area contributed by atoms with Gasteiger partial charge in [-0.25, -0.2) is 0 Å². The fraction of sp³-hybridized carbons (Fsp3) is 0.200. The van der Waals surface area contributed by atoms with Crippen molar-refractivity contribution < 1.29 is 15.6 Å². The van der Waals surface area contributed by atoms with Crippen LogP contribution in [0, 0.1) is 13.8 Å². The second kappa shape index (κ2) is 14.5. The van der Waals surface area contributed by atoms with Crippen LogP contribution in [0.4, 0.5) is 0 Å². The average molecular weight is 840 g/mol. The Morgan fingerprint density at radius 3 is 1.22 bits per heavy atom. The van der Waals surface area contributed by atoms with Crippen molar-refractivity contribution in [1.82, 2.24) is 0 Å². The number of hydrogen-bond donors (Lipinski definition) is 0. The van der Waals surface area contributed by atoms with E-state index in [2.05, 4.69) is 186 Å². The topological polar surface area (TPSA) is 0 Å². The molecule has 0 amide bonds. The molecule has 2 atom stereocenters. The molecule has 271 valence electrons. The van der Waals surface area contributed by atoms with Crippen LogP contribution in [0.2, 0.25) is 13.1 Å². The van der Waals surface area contributed by atoms with E-state index in [4.69, 9.17) is 17.0 Å². The molecule has 2 unspecified atom stereocenters. The van der Waals surface area contributed by atoms with Crippen LogP contribution >= 0.6 is 17.0 Å². The fourth-order valence-corrected chi connectivity index (χ4v) is 39.8. The summed E-state index contributed by atoms with van der Waals surface area (Å²) in [6.07, 6.45) is 6.88. The summed E-state index contributed by atoms with van der Waals surface area (Å²) in [4.78, 5) is 0. The summed E-state index contributed by atoms with van der Waals surface area (Å²) in [6, 6.07) is 49.2. The number of hydrogen-bond acceptors (Lipinski definition) is 0. The number of halogens is 2. The maximum atomic E-state index is 9.05. The first-order chi connectivity index (χ1) is 26.1. The molecule has 0 N–H and O–H groups in total. The summed E-state index contributed by atoms with van der Waals surface area (Å²) in [5.41, 5.74) is 20.8. The van der Waals surface area contributed by atoms with Gasteiger partial charge in [0.25, 0.3) is 0 Å². The second-order valence-electron chi connectivity index (χ2n) is 15.7. The molecule has 54 heavy (non-hydrogen) atoms. The van der Waals surface area contributed by atoms with Gasteiger partial charge in [-0.05, 0) is 0 Å². The molecule has 8 rings (SSSR count). The van der Waals surface area contributed by atoms with E-state index in [0.29, 0.717) is 0 Å². The van der Waals surface area contributed by atoms with E-state index in [1.54, 1.807) is 0 Å².